The van der Waals surface area contributed by atoms with Crippen molar-refractivity contribution in [3.05, 3.63) is 22.9 Å². The van der Waals surface area contributed by atoms with Gasteiger partial charge in [0.2, 0.25) is 0 Å². The van der Waals surface area contributed by atoms with Gasteiger partial charge in [0, 0.05) is 18.3 Å². The Balaban J connectivity index is 2.46. The molecule has 0 aliphatic carbocycles. The third-order valence-corrected chi connectivity index (χ3v) is 3.51. The summed E-state index contributed by atoms with van der Waals surface area (Å²) in [5.41, 5.74) is 2.77. The van der Waals surface area contributed by atoms with Crippen molar-refractivity contribution in [1.29, 1.82) is 5.26 Å². The molecule has 0 amide bonds. The molecule has 1 aromatic heterocycles. The van der Waals surface area contributed by atoms with Crippen LogP contribution in [0.4, 0.5) is 5.82 Å². The Hall–Kier alpha value is -1.56. The molecule has 0 saturated carbocycles. The van der Waals surface area contributed by atoms with Gasteiger partial charge in [0.05, 0.1) is 5.56 Å². The van der Waals surface area contributed by atoms with Gasteiger partial charge in [-0.05, 0) is 51.7 Å². The van der Waals surface area contributed by atoms with E-state index in [0.29, 0.717) is 6.04 Å². The number of aromatic nitrogens is 1. The number of rotatable bonds is 1. The zero-order valence-corrected chi connectivity index (χ0v) is 10.8. The number of hydrogen-bond donors (Lipinski definition) is 0. The summed E-state index contributed by atoms with van der Waals surface area (Å²) in [6.45, 7) is 7.23. The lowest BCUT2D eigenvalue weighted by Gasteiger charge is -2.35. The average Bonchev–Trinajstić information content (AvgIpc) is 2.28. The summed E-state index contributed by atoms with van der Waals surface area (Å²) in [5, 5.41) is 9.29. The summed E-state index contributed by atoms with van der Waals surface area (Å²) < 4.78 is 0. The molecule has 3 heteroatoms. The Morgan fingerprint density at radius 2 is 2.18 bits per heavy atom. The predicted molar refractivity (Wildman–Crippen MR) is 69.1 cm³/mol. The van der Waals surface area contributed by atoms with Crippen molar-refractivity contribution in [2.24, 2.45) is 0 Å². The minimum absolute atomic E-state index is 0.490. The van der Waals surface area contributed by atoms with Crippen molar-refractivity contribution < 1.29 is 0 Å². The van der Waals surface area contributed by atoms with Gasteiger partial charge in [-0.25, -0.2) is 4.98 Å². The summed E-state index contributed by atoms with van der Waals surface area (Å²) in [7, 11) is 0. The highest BCUT2D eigenvalue weighted by atomic mass is 15.2. The van der Waals surface area contributed by atoms with E-state index >= 15 is 0 Å². The number of pyridine rings is 1. The zero-order valence-electron chi connectivity index (χ0n) is 10.8. The van der Waals surface area contributed by atoms with Crippen LogP contribution >= 0.6 is 0 Å². The van der Waals surface area contributed by atoms with Crippen LogP contribution in [0.5, 0.6) is 0 Å². The molecule has 3 nitrogen and oxygen atoms in total. The molecule has 17 heavy (non-hydrogen) atoms. The Kier molecular flexibility index (Phi) is 3.33. The average molecular weight is 229 g/mol. The summed E-state index contributed by atoms with van der Waals surface area (Å²) >= 11 is 0. The molecule has 0 aromatic carbocycles. The molecular weight excluding hydrogens is 210 g/mol. The van der Waals surface area contributed by atoms with E-state index in [4.69, 9.17) is 0 Å². The number of aryl methyl sites for hydroxylation is 2. The minimum Gasteiger partial charge on any atom is -0.353 e. The molecule has 1 aliphatic rings. The van der Waals surface area contributed by atoms with Crippen LogP contribution in [0.1, 0.15) is 43.0 Å². The van der Waals surface area contributed by atoms with E-state index in [-0.39, 0.29) is 0 Å². The molecule has 1 fully saturated rings. The molecule has 0 spiro atoms. The normalized spacial score (nSPS) is 20.1. The first-order valence-corrected chi connectivity index (χ1v) is 6.28. The molecule has 90 valence electrons. The van der Waals surface area contributed by atoms with E-state index < -0.39 is 0 Å². The quantitative estimate of drug-likeness (QED) is 0.743. The second-order valence-corrected chi connectivity index (χ2v) is 4.93. The molecule has 2 rings (SSSR count). The molecule has 0 N–H and O–H groups in total. The summed E-state index contributed by atoms with van der Waals surface area (Å²) in [5.74, 6) is 0.886. The number of nitrogens with zero attached hydrogens (tertiary/aromatic N) is 3. The van der Waals surface area contributed by atoms with Gasteiger partial charge in [-0.15, -0.1) is 0 Å². The van der Waals surface area contributed by atoms with Crippen molar-refractivity contribution >= 4 is 5.82 Å². The van der Waals surface area contributed by atoms with Crippen LogP contribution in [0.3, 0.4) is 0 Å². The molecular formula is C14H19N3. The molecule has 0 radical (unpaired) electrons. The second-order valence-electron chi connectivity index (χ2n) is 4.93. The van der Waals surface area contributed by atoms with Crippen LogP contribution in [0, 0.1) is 25.2 Å². The van der Waals surface area contributed by atoms with Crippen LogP contribution < -0.4 is 4.90 Å². The number of anilines is 1. The molecule has 1 aromatic rings. The smallest absolute Gasteiger partial charge is 0.147 e. The Bertz CT molecular complexity index is 459. The fraction of sp³-hybridized carbons (Fsp3) is 0.571. The summed E-state index contributed by atoms with van der Waals surface area (Å²) in [6, 6.07) is 4.78. The fourth-order valence-corrected chi connectivity index (χ4v) is 2.58. The van der Waals surface area contributed by atoms with E-state index in [0.717, 1.165) is 29.2 Å². The molecule has 1 saturated heterocycles. The van der Waals surface area contributed by atoms with E-state index in [2.05, 4.69) is 22.9 Å². The molecule has 0 bridgehead atoms. The third kappa shape index (κ3) is 2.26. The first-order valence-electron chi connectivity index (χ1n) is 6.28. The predicted octanol–water partition coefficient (Wildman–Crippen LogP) is 2.95. The second kappa shape index (κ2) is 4.75. The maximum absolute atomic E-state index is 9.29. The highest BCUT2D eigenvalue weighted by molar-refractivity contribution is 5.58. The van der Waals surface area contributed by atoms with Crippen molar-refractivity contribution in [1.82, 2.24) is 4.98 Å². The molecule has 1 unspecified atom stereocenters. The Labute approximate surface area is 103 Å². The lowest BCUT2D eigenvalue weighted by Crippen LogP contribution is -2.38. The van der Waals surface area contributed by atoms with Crippen molar-refractivity contribution in [3.63, 3.8) is 0 Å². The van der Waals surface area contributed by atoms with E-state index in [9.17, 15) is 5.26 Å². The van der Waals surface area contributed by atoms with Crippen molar-refractivity contribution in [3.8, 4) is 6.07 Å². The van der Waals surface area contributed by atoms with Gasteiger partial charge in [0.15, 0.2) is 0 Å². The van der Waals surface area contributed by atoms with E-state index in [1.165, 1.54) is 19.3 Å². The number of hydrogen-bond acceptors (Lipinski definition) is 3. The highest BCUT2D eigenvalue weighted by Gasteiger charge is 2.23. The molecule has 1 atom stereocenters. The minimum atomic E-state index is 0.490. The van der Waals surface area contributed by atoms with Crippen molar-refractivity contribution in [2.45, 2.75) is 46.1 Å². The van der Waals surface area contributed by atoms with Gasteiger partial charge >= 0.3 is 0 Å². The fourth-order valence-electron chi connectivity index (χ4n) is 2.58. The van der Waals surface area contributed by atoms with Crippen LogP contribution in [0.2, 0.25) is 0 Å². The first kappa shape index (κ1) is 11.9. The Morgan fingerprint density at radius 1 is 1.41 bits per heavy atom. The van der Waals surface area contributed by atoms with Crippen LogP contribution in [-0.2, 0) is 0 Å². The zero-order chi connectivity index (χ0) is 12.4. The van der Waals surface area contributed by atoms with Gasteiger partial charge in [-0.1, -0.05) is 0 Å². The largest absolute Gasteiger partial charge is 0.353 e. The molecule has 1 aliphatic heterocycles. The van der Waals surface area contributed by atoms with Gasteiger partial charge in [-0.3, -0.25) is 0 Å². The maximum Gasteiger partial charge on any atom is 0.147 e. The third-order valence-electron chi connectivity index (χ3n) is 3.51. The monoisotopic (exact) mass is 229 g/mol. The lowest BCUT2D eigenvalue weighted by molar-refractivity contribution is 0.480. The van der Waals surface area contributed by atoms with Crippen LogP contribution in [0.15, 0.2) is 6.07 Å². The molecule has 2 heterocycles. The number of piperidine rings is 1. The lowest BCUT2D eigenvalue weighted by atomic mass is 10.0. The van der Waals surface area contributed by atoms with Crippen LogP contribution in [0.25, 0.3) is 0 Å². The van der Waals surface area contributed by atoms with Gasteiger partial charge in [0.1, 0.15) is 11.9 Å². The highest BCUT2D eigenvalue weighted by Crippen LogP contribution is 2.27. The van der Waals surface area contributed by atoms with Gasteiger partial charge < -0.3 is 4.90 Å². The maximum atomic E-state index is 9.29. The van der Waals surface area contributed by atoms with Crippen molar-refractivity contribution in [2.75, 3.05) is 11.4 Å². The summed E-state index contributed by atoms with van der Waals surface area (Å²) in [4.78, 5) is 6.88. The standard InChI is InChI=1S/C14H19N3/c1-10-8-11(2)16-14(13(10)9-15)17-7-5-4-6-12(17)3/h8,12H,4-7H2,1-3H3. The van der Waals surface area contributed by atoms with E-state index in [1.807, 2.05) is 19.9 Å². The summed E-state index contributed by atoms with van der Waals surface area (Å²) in [6.07, 6.45) is 3.67. The topological polar surface area (TPSA) is 39.9 Å². The van der Waals surface area contributed by atoms with Crippen LogP contribution in [-0.4, -0.2) is 17.6 Å². The van der Waals surface area contributed by atoms with Gasteiger partial charge in [0.25, 0.3) is 0 Å². The first-order chi connectivity index (χ1) is 8.13. The number of nitriles is 1. The van der Waals surface area contributed by atoms with E-state index in [1.54, 1.807) is 0 Å². The Morgan fingerprint density at radius 3 is 2.82 bits per heavy atom. The SMILES string of the molecule is Cc1cc(C)c(C#N)c(N2CCCCC2C)n1. The van der Waals surface area contributed by atoms with Gasteiger partial charge in [-0.2, -0.15) is 5.26 Å².